The topological polar surface area (TPSA) is 72.0 Å². The molecule has 1 aromatic carbocycles. The fraction of sp³-hybridized carbons (Fsp3) is 0.158. The van der Waals surface area contributed by atoms with Crippen LogP contribution in [0.4, 0.5) is 5.82 Å². The zero-order valence-electron chi connectivity index (χ0n) is 13.2. The summed E-state index contributed by atoms with van der Waals surface area (Å²) in [6, 6.07) is 11.1. The van der Waals surface area contributed by atoms with Crippen molar-refractivity contribution in [2.45, 2.75) is 20.3 Å². The first-order valence-electron chi connectivity index (χ1n) is 7.60. The second-order valence-corrected chi connectivity index (χ2v) is 5.50. The molecule has 4 nitrogen and oxygen atoms in total. The van der Waals surface area contributed by atoms with Crippen LogP contribution in [0.1, 0.15) is 18.2 Å². The number of hydrogen-bond donors (Lipinski definition) is 2. The smallest absolute Gasteiger partial charge is 0.131 e. The second kappa shape index (κ2) is 6.08. The summed E-state index contributed by atoms with van der Waals surface area (Å²) in [5.41, 5.74) is 12.3. The number of phenolic OH excluding ortho intramolecular Hbond substituents is 1. The molecule has 3 N–H and O–H groups in total. The Morgan fingerprint density at radius 2 is 1.78 bits per heavy atom. The third-order valence-electron chi connectivity index (χ3n) is 3.93. The maximum atomic E-state index is 9.51. The molecular weight excluding hydrogens is 286 g/mol. The van der Waals surface area contributed by atoms with E-state index in [0.717, 1.165) is 39.9 Å². The molecule has 0 spiro atoms. The Balaban J connectivity index is 2.24. The molecule has 0 amide bonds. The number of rotatable bonds is 3. The van der Waals surface area contributed by atoms with E-state index in [9.17, 15) is 5.11 Å². The van der Waals surface area contributed by atoms with Crippen molar-refractivity contribution in [3.05, 3.63) is 60.0 Å². The number of phenols is 1. The van der Waals surface area contributed by atoms with Gasteiger partial charge in [0.05, 0.1) is 0 Å². The molecule has 0 fully saturated rings. The van der Waals surface area contributed by atoms with Crippen LogP contribution in [0.25, 0.3) is 22.3 Å². The molecule has 0 saturated carbocycles. The Kier molecular flexibility index (Phi) is 3.98. The molecule has 0 atom stereocenters. The van der Waals surface area contributed by atoms with Crippen molar-refractivity contribution in [3.8, 4) is 28.0 Å². The van der Waals surface area contributed by atoms with Crippen molar-refractivity contribution in [1.29, 1.82) is 0 Å². The fourth-order valence-electron chi connectivity index (χ4n) is 2.85. The van der Waals surface area contributed by atoms with Gasteiger partial charge in [0.2, 0.25) is 0 Å². The summed E-state index contributed by atoms with van der Waals surface area (Å²) in [5, 5.41) is 9.51. The van der Waals surface area contributed by atoms with E-state index in [1.165, 1.54) is 0 Å². The molecule has 116 valence electrons. The fourth-order valence-corrected chi connectivity index (χ4v) is 2.85. The molecule has 0 aliphatic rings. The first-order valence-corrected chi connectivity index (χ1v) is 7.60. The summed E-state index contributed by atoms with van der Waals surface area (Å²) >= 11 is 0. The van der Waals surface area contributed by atoms with Crippen molar-refractivity contribution in [2.75, 3.05) is 5.73 Å². The lowest BCUT2D eigenvalue weighted by atomic mass is 9.92. The molecule has 0 bridgehead atoms. The Hall–Kier alpha value is -2.88. The Morgan fingerprint density at radius 3 is 2.43 bits per heavy atom. The van der Waals surface area contributed by atoms with E-state index in [4.69, 9.17) is 5.73 Å². The molecule has 0 saturated heterocycles. The first kappa shape index (κ1) is 15.0. The molecular formula is C19H19N3O. The maximum absolute atomic E-state index is 9.51. The number of aromatic hydroxyl groups is 1. The van der Waals surface area contributed by atoms with E-state index in [2.05, 4.69) is 16.9 Å². The number of aryl methyl sites for hydroxylation is 1. The third kappa shape index (κ3) is 2.88. The van der Waals surface area contributed by atoms with E-state index >= 15 is 0 Å². The molecule has 0 aliphatic carbocycles. The van der Waals surface area contributed by atoms with Crippen molar-refractivity contribution in [2.24, 2.45) is 0 Å². The molecule has 3 rings (SSSR count). The maximum Gasteiger partial charge on any atom is 0.131 e. The van der Waals surface area contributed by atoms with E-state index in [0.29, 0.717) is 5.82 Å². The summed E-state index contributed by atoms with van der Waals surface area (Å²) < 4.78 is 0. The van der Waals surface area contributed by atoms with E-state index in [1.807, 2.05) is 37.4 Å². The molecule has 0 aliphatic heterocycles. The minimum Gasteiger partial charge on any atom is -0.508 e. The van der Waals surface area contributed by atoms with Crippen LogP contribution in [0.15, 0.2) is 48.8 Å². The van der Waals surface area contributed by atoms with Gasteiger partial charge in [-0.05, 0) is 54.3 Å². The van der Waals surface area contributed by atoms with Crippen LogP contribution >= 0.6 is 0 Å². The number of anilines is 1. The van der Waals surface area contributed by atoms with Crippen LogP contribution in [0.3, 0.4) is 0 Å². The van der Waals surface area contributed by atoms with Gasteiger partial charge < -0.3 is 10.8 Å². The monoisotopic (exact) mass is 305 g/mol. The Morgan fingerprint density at radius 1 is 1.04 bits per heavy atom. The highest BCUT2D eigenvalue weighted by atomic mass is 16.3. The van der Waals surface area contributed by atoms with Gasteiger partial charge in [-0.15, -0.1) is 0 Å². The van der Waals surface area contributed by atoms with Gasteiger partial charge in [0.15, 0.2) is 0 Å². The van der Waals surface area contributed by atoms with Crippen LogP contribution in [0.2, 0.25) is 0 Å². The molecule has 3 aromatic rings. The van der Waals surface area contributed by atoms with E-state index in [-0.39, 0.29) is 5.75 Å². The summed E-state index contributed by atoms with van der Waals surface area (Å²) in [4.78, 5) is 8.64. The van der Waals surface area contributed by atoms with Gasteiger partial charge in [0.1, 0.15) is 11.6 Å². The summed E-state index contributed by atoms with van der Waals surface area (Å²) in [6.45, 7) is 4.08. The number of pyridine rings is 2. The zero-order chi connectivity index (χ0) is 16.4. The number of nitrogens with zero attached hydrogens (tertiary/aromatic N) is 2. The lowest BCUT2D eigenvalue weighted by Gasteiger charge is -2.16. The van der Waals surface area contributed by atoms with Gasteiger partial charge in [-0.2, -0.15) is 0 Å². The lowest BCUT2D eigenvalue weighted by Crippen LogP contribution is -2.01. The van der Waals surface area contributed by atoms with Gasteiger partial charge >= 0.3 is 0 Å². The highest BCUT2D eigenvalue weighted by Gasteiger charge is 2.15. The molecule has 2 heterocycles. The average Bonchev–Trinajstić information content (AvgIpc) is 2.55. The number of nitrogen functional groups attached to an aromatic ring is 1. The van der Waals surface area contributed by atoms with Gasteiger partial charge in [-0.25, -0.2) is 4.98 Å². The van der Waals surface area contributed by atoms with E-state index in [1.54, 1.807) is 18.3 Å². The minimum atomic E-state index is 0.235. The molecule has 4 heteroatoms. The predicted molar refractivity (Wildman–Crippen MR) is 93.1 cm³/mol. The Labute approximate surface area is 135 Å². The highest BCUT2D eigenvalue weighted by molar-refractivity contribution is 5.84. The summed E-state index contributed by atoms with van der Waals surface area (Å²) in [7, 11) is 0. The SMILES string of the molecule is CCc1c(-c2ccnc(C)c2)cnc(N)c1-c1ccc(O)cc1. The van der Waals surface area contributed by atoms with Crippen LogP contribution in [0, 0.1) is 6.92 Å². The van der Waals surface area contributed by atoms with E-state index < -0.39 is 0 Å². The van der Waals surface area contributed by atoms with Gasteiger partial charge in [0, 0.05) is 29.2 Å². The third-order valence-corrected chi connectivity index (χ3v) is 3.93. The van der Waals surface area contributed by atoms with Crippen LogP contribution in [-0.4, -0.2) is 15.1 Å². The highest BCUT2D eigenvalue weighted by Crippen LogP contribution is 2.36. The predicted octanol–water partition coefficient (Wildman–Crippen LogP) is 3.97. The summed E-state index contributed by atoms with van der Waals surface area (Å²) in [6.07, 6.45) is 4.47. The number of nitrogens with two attached hydrogens (primary N) is 1. The zero-order valence-corrected chi connectivity index (χ0v) is 13.2. The van der Waals surface area contributed by atoms with Crippen LogP contribution < -0.4 is 5.73 Å². The number of hydrogen-bond acceptors (Lipinski definition) is 4. The van der Waals surface area contributed by atoms with Crippen molar-refractivity contribution < 1.29 is 5.11 Å². The minimum absolute atomic E-state index is 0.235. The molecule has 0 unspecified atom stereocenters. The Bertz CT molecular complexity index is 842. The normalized spacial score (nSPS) is 10.7. The van der Waals surface area contributed by atoms with Gasteiger partial charge in [0.25, 0.3) is 0 Å². The van der Waals surface area contributed by atoms with Gasteiger partial charge in [-0.1, -0.05) is 19.1 Å². The number of benzene rings is 1. The largest absolute Gasteiger partial charge is 0.508 e. The molecule has 2 aromatic heterocycles. The first-order chi connectivity index (χ1) is 11.1. The van der Waals surface area contributed by atoms with Crippen LogP contribution in [-0.2, 0) is 6.42 Å². The van der Waals surface area contributed by atoms with Crippen LogP contribution in [0.5, 0.6) is 5.75 Å². The van der Waals surface area contributed by atoms with Crippen molar-refractivity contribution in [3.63, 3.8) is 0 Å². The average molecular weight is 305 g/mol. The standard InChI is InChI=1S/C19H19N3O/c1-3-16-17(14-8-9-21-12(2)10-14)11-22-19(20)18(16)13-4-6-15(23)7-5-13/h4-11,23H,3H2,1-2H3,(H2,20,22). The second-order valence-electron chi connectivity index (χ2n) is 5.50. The summed E-state index contributed by atoms with van der Waals surface area (Å²) in [5.74, 6) is 0.737. The lowest BCUT2D eigenvalue weighted by molar-refractivity contribution is 0.475. The van der Waals surface area contributed by atoms with Gasteiger partial charge in [-0.3, -0.25) is 4.98 Å². The molecule has 0 radical (unpaired) electrons. The number of aromatic nitrogens is 2. The van der Waals surface area contributed by atoms with Crippen molar-refractivity contribution in [1.82, 2.24) is 9.97 Å². The quantitative estimate of drug-likeness (QED) is 0.768. The van der Waals surface area contributed by atoms with Crippen molar-refractivity contribution >= 4 is 5.82 Å². The molecule has 23 heavy (non-hydrogen) atoms.